The van der Waals surface area contributed by atoms with Crippen LogP contribution in [0.15, 0.2) is 42.1 Å². The van der Waals surface area contributed by atoms with Crippen LogP contribution in [-0.2, 0) is 0 Å². The second-order valence-corrected chi connectivity index (χ2v) is 3.11. The third-order valence-corrected chi connectivity index (χ3v) is 2.11. The summed E-state index contributed by atoms with van der Waals surface area (Å²) < 4.78 is 0. The van der Waals surface area contributed by atoms with E-state index in [1.54, 1.807) is 6.92 Å². The third-order valence-electron chi connectivity index (χ3n) is 2.11. The lowest BCUT2D eigenvalue weighted by molar-refractivity contribution is -0.384. The smallest absolute Gasteiger partial charge is 0.269 e. The van der Waals surface area contributed by atoms with Gasteiger partial charge in [-0.1, -0.05) is 6.58 Å². The molecule has 4 nitrogen and oxygen atoms in total. The van der Waals surface area contributed by atoms with Gasteiger partial charge in [0.15, 0.2) is 0 Å². The molecule has 0 bridgehead atoms. The fraction of sp³-hybridized carbons (Fsp3) is 0.182. The lowest BCUT2D eigenvalue weighted by Gasteiger charge is -2.08. The van der Waals surface area contributed by atoms with Crippen LogP contribution in [0.3, 0.4) is 0 Å². The first-order chi connectivity index (χ1) is 7.06. The monoisotopic (exact) mass is 205 g/mol. The Labute approximate surface area is 87.3 Å². The summed E-state index contributed by atoms with van der Waals surface area (Å²) in [6.07, 6.45) is -0.802. The van der Waals surface area contributed by atoms with Crippen molar-refractivity contribution in [2.75, 3.05) is 0 Å². The van der Waals surface area contributed by atoms with Crippen LogP contribution in [0.1, 0.15) is 18.6 Å². The molecule has 0 saturated carbocycles. The lowest BCUT2D eigenvalue weighted by atomic mass is 10.0. The van der Waals surface area contributed by atoms with E-state index in [0.717, 1.165) is 0 Å². The number of benzene rings is 1. The van der Waals surface area contributed by atoms with E-state index in [4.69, 9.17) is 0 Å². The van der Waals surface area contributed by atoms with Crippen molar-refractivity contribution in [1.29, 1.82) is 0 Å². The van der Waals surface area contributed by atoms with Crippen molar-refractivity contribution in [1.82, 2.24) is 0 Å². The molecule has 0 aliphatic heterocycles. The van der Waals surface area contributed by atoms with Crippen LogP contribution in [0.4, 0.5) is 5.69 Å². The van der Waals surface area contributed by atoms with Gasteiger partial charge in [-0.3, -0.25) is 10.1 Å². The average molecular weight is 205 g/mol. The standard InChI is InChI=1S/C11H11NO3/c1-3-8(2)11(13)9-4-6-10(7-5-9)12(14)15/h4-7,11,13H,1H2,2H3. The van der Waals surface area contributed by atoms with Crippen LogP contribution in [-0.4, -0.2) is 10.0 Å². The van der Waals surface area contributed by atoms with Gasteiger partial charge in [-0.25, -0.2) is 0 Å². The molecule has 0 amide bonds. The first-order valence-corrected chi connectivity index (χ1v) is 4.35. The Bertz CT molecular complexity index is 416. The van der Waals surface area contributed by atoms with Crippen molar-refractivity contribution in [3.05, 3.63) is 57.8 Å². The van der Waals surface area contributed by atoms with Gasteiger partial charge in [-0.2, -0.15) is 0 Å². The highest BCUT2D eigenvalue weighted by atomic mass is 16.6. The minimum absolute atomic E-state index is 0.00573. The Morgan fingerprint density at radius 2 is 2.07 bits per heavy atom. The zero-order chi connectivity index (χ0) is 11.4. The number of nitrogens with zero attached hydrogens (tertiary/aromatic N) is 1. The van der Waals surface area contributed by atoms with Crippen molar-refractivity contribution in [3.8, 4) is 0 Å². The highest BCUT2D eigenvalue weighted by Crippen LogP contribution is 2.22. The molecule has 4 heteroatoms. The first kappa shape index (κ1) is 11.2. The molecule has 0 radical (unpaired) electrons. The van der Waals surface area contributed by atoms with E-state index in [1.165, 1.54) is 24.3 Å². The maximum absolute atomic E-state index is 10.4. The van der Waals surface area contributed by atoms with Crippen LogP contribution in [0.5, 0.6) is 0 Å². The summed E-state index contributed by atoms with van der Waals surface area (Å²) in [7, 11) is 0. The van der Waals surface area contributed by atoms with Crippen molar-refractivity contribution in [2.45, 2.75) is 13.0 Å². The normalized spacial score (nSPS) is 11.6. The van der Waals surface area contributed by atoms with Crippen LogP contribution >= 0.6 is 0 Å². The molecule has 1 rings (SSSR count). The molecular weight excluding hydrogens is 194 g/mol. The van der Waals surface area contributed by atoms with Crippen molar-refractivity contribution in [3.63, 3.8) is 0 Å². The zero-order valence-corrected chi connectivity index (χ0v) is 8.30. The Hall–Kier alpha value is -1.90. The van der Waals surface area contributed by atoms with E-state index in [0.29, 0.717) is 11.1 Å². The topological polar surface area (TPSA) is 63.4 Å². The summed E-state index contributed by atoms with van der Waals surface area (Å²) >= 11 is 0. The second kappa shape index (κ2) is 4.55. The van der Waals surface area contributed by atoms with Gasteiger partial charge in [0.05, 0.1) is 4.92 Å². The Kier molecular flexibility index (Phi) is 3.39. The molecule has 0 aliphatic carbocycles. The van der Waals surface area contributed by atoms with E-state index in [9.17, 15) is 15.2 Å². The largest absolute Gasteiger partial charge is 0.383 e. The fourth-order valence-electron chi connectivity index (χ4n) is 1.13. The molecule has 0 fully saturated rings. The molecule has 78 valence electrons. The van der Waals surface area contributed by atoms with Crippen LogP contribution in [0.25, 0.3) is 0 Å². The van der Waals surface area contributed by atoms with E-state index in [2.05, 4.69) is 12.3 Å². The predicted octanol–water partition coefficient (Wildman–Crippen LogP) is 2.36. The van der Waals surface area contributed by atoms with Gasteiger partial charge in [0, 0.05) is 17.7 Å². The Morgan fingerprint density at radius 3 is 2.47 bits per heavy atom. The Balaban J connectivity index is 2.99. The fourth-order valence-corrected chi connectivity index (χ4v) is 1.13. The van der Waals surface area contributed by atoms with E-state index in [-0.39, 0.29) is 5.69 Å². The quantitative estimate of drug-likeness (QED) is 0.468. The lowest BCUT2D eigenvalue weighted by Crippen LogP contribution is -1.98. The van der Waals surface area contributed by atoms with Gasteiger partial charge >= 0.3 is 0 Å². The van der Waals surface area contributed by atoms with Gasteiger partial charge in [0.25, 0.3) is 5.69 Å². The van der Waals surface area contributed by atoms with Gasteiger partial charge in [-0.15, -0.1) is 5.73 Å². The number of nitro benzene ring substituents is 1. The molecule has 1 aromatic carbocycles. The number of aliphatic hydroxyl groups is 1. The third kappa shape index (κ3) is 2.53. The van der Waals surface area contributed by atoms with E-state index < -0.39 is 11.0 Å². The van der Waals surface area contributed by atoms with Gasteiger partial charge in [0.2, 0.25) is 0 Å². The predicted molar refractivity (Wildman–Crippen MR) is 56.4 cm³/mol. The molecule has 1 aromatic rings. The zero-order valence-electron chi connectivity index (χ0n) is 8.30. The number of hydrogen-bond acceptors (Lipinski definition) is 3. The summed E-state index contributed by atoms with van der Waals surface area (Å²) in [6.45, 7) is 5.12. The summed E-state index contributed by atoms with van der Waals surface area (Å²) in [5, 5.41) is 20.1. The van der Waals surface area contributed by atoms with Crippen molar-refractivity contribution >= 4 is 5.69 Å². The van der Waals surface area contributed by atoms with Crippen molar-refractivity contribution in [2.24, 2.45) is 0 Å². The number of non-ortho nitro benzene ring substituents is 1. The molecule has 0 aliphatic rings. The molecular formula is C11H11NO3. The number of nitro groups is 1. The minimum atomic E-state index is -0.802. The number of aliphatic hydroxyl groups excluding tert-OH is 1. The van der Waals surface area contributed by atoms with Gasteiger partial charge < -0.3 is 5.11 Å². The van der Waals surface area contributed by atoms with Crippen LogP contribution < -0.4 is 0 Å². The molecule has 0 heterocycles. The molecule has 15 heavy (non-hydrogen) atoms. The molecule has 1 atom stereocenters. The number of hydrogen-bond donors (Lipinski definition) is 1. The molecule has 0 spiro atoms. The van der Waals surface area contributed by atoms with E-state index >= 15 is 0 Å². The molecule has 1 unspecified atom stereocenters. The SMILES string of the molecule is C=C=C(C)C(O)c1ccc([N+](=O)[O-])cc1. The maximum atomic E-state index is 10.4. The molecule has 0 saturated heterocycles. The van der Waals surface area contributed by atoms with Crippen LogP contribution in [0.2, 0.25) is 0 Å². The highest BCUT2D eigenvalue weighted by molar-refractivity contribution is 5.35. The summed E-state index contributed by atoms with van der Waals surface area (Å²) in [5.74, 6) is 0. The maximum Gasteiger partial charge on any atom is 0.269 e. The average Bonchev–Trinajstić information content (AvgIpc) is 2.27. The number of rotatable bonds is 3. The first-order valence-electron chi connectivity index (χ1n) is 4.35. The highest BCUT2D eigenvalue weighted by Gasteiger charge is 2.11. The molecule has 0 aromatic heterocycles. The summed E-state index contributed by atoms with van der Waals surface area (Å²) in [5.41, 5.74) is 3.77. The minimum Gasteiger partial charge on any atom is -0.383 e. The second-order valence-electron chi connectivity index (χ2n) is 3.11. The van der Waals surface area contributed by atoms with Crippen LogP contribution in [0, 0.1) is 10.1 Å². The summed E-state index contributed by atoms with van der Waals surface area (Å²) in [6, 6.07) is 5.75. The van der Waals surface area contributed by atoms with Gasteiger partial charge in [-0.05, 0) is 24.6 Å². The van der Waals surface area contributed by atoms with Crippen molar-refractivity contribution < 1.29 is 10.0 Å². The van der Waals surface area contributed by atoms with Gasteiger partial charge in [0.1, 0.15) is 6.10 Å². The van der Waals surface area contributed by atoms with E-state index in [1.807, 2.05) is 0 Å². The summed E-state index contributed by atoms with van der Waals surface area (Å²) in [4.78, 5) is 9.91. The molecule has 1 N–H and O–H groups in total. The Morgan fingerprint density at radius 1 is 1.53 bits per heavy atom.